The molecule has 0 saturated heterocycles. The zero-order valence-electron chi connectivity index (χ0n) is 9.13. The van der Waals surface area contributed by atoms with E-state index in [9.17, 15) is 5.11 Å². The zero-order chi connectivity index (χ0) is 9.68. The van der Waals surface area contributed by atoms with Crippen LogP contribution in [-0.2, 0) is 0 Å². The highest BCUT2D eigenvalue weighted by Crippen LogP contribution is 2.31. The molecule has 0 aromatic carbocycles. The summed E-state index contributed by atoms with van der Waals surface area (Å²) in [7, 11) is 0. The highest BCUT2D eigenvalue weighted by atomic mass is 16.3. The molecule has 0 aromatic heterocycles. The van der Waals surface area contributed by atoms with E-state index >= 15 is 0 Å². The predicted octanol–water partition coefficient (Wildman–Crippen LogP) is 3.36. The van der Waals surface area contributed by atoms with E-state index in [1.807, 2.05) is 0 Å². The van der Waals surface area contributed by atoms with E-state index in [4.69, 9.17) is 0 Å². The third-order valence-electron chi connectivity index (χ3n) is 3.29. The fraction of sp³-hybridized carbons (Fsp3) is 1.00. The van der Waals surface area contributed by atoms with E-state index in [-0.39, 0.29) is 6.10 Å². The van der Waals surface area contributed by atoms with Crippen molar-refractivity contribution < 1.29 is 5.11 Å². The van der Waals surface area contributed by atoms with Crippen molar-refractivity contribution in [2.45, 2.75) is 64.9 Å². The van der Waals surface area contributed by atoms with Crippen molar-refractivity contribution in [1.82, 2.24) is 0 Å². The van der Waals surface area contributed by atoms with E-state index in [0.717, 1.165) is 18.8 Å². The number of hydrogen-bond acceptors (Lipinski definition) is 1. The van der Waals surface area contributed by atoms with Crippen LogP contribution >= 0.6 is 0 Å². The molecule has 1 aliphatic carbocycles. The molecular weight excluding hydrogens is 160 g/mol. The Labute approximate surface area is 82.5 Å². The van der Waals surface area contributed by atoms with Crippen molar-refractivity contribution in [2.24, 2.45) is 11.8 Å². The molecule has 13 heavy (non-hydrogen) atoms. The Hall–Kier alpha value is -0.0400. The molecule has 78 valence electrons. The molecule has 1 aliphatic rings. The van der Waals surface area contributed by atoms with Crippen molar-refractivity contribution >= 4 is 0 Å². The van der Waals surface area contributed by atoms with Gasteiger partial charge in [-0.3, -0.25) is 0 Å². The number of aliphatic hydroxyl groups excluding tert-OH is 1. The Morgan fingerprint density at radius 1 is 1.38 bits per heavy atom. The van der Waals surface area contributed by atoms with E-state index in [2.05, 4.69) is 13.8 Å². The summed E-state index contributed by atoms with van der Waals surface area (Å²) in [5.41, 5.74) is 0. The first-order valence-corrected chi connectivity index (χ1v) is 5.90. The monoisotopic (exact) mass is 184 g/mol. The maximum Gasteiger partial charge on any atom is 0.0545 e. The van der Waals surface area contributed by atoms with Crippen molar-refractivity contribution in [3.05, 3.63) is 0 Å². The van der Waals surface area contributed by atoms with Crippen molar-refractivity contribution in [2.75, 3.05) is 0 Å². The molecule has 0 bridgehead atoms. The van der Waals surface area contributed by atoms with Crippen LogP contribution in [0.15, 0.2) is 0 Å². The Morgan fingerprint density at radius 3 is 2.54 bits per heavy atom. The lowest BCUT2D eigenvalue weighted by molar-refractivity contribution is 0.0950. The molecule has 1 N–H and O–H groups in total. The normalized spacial score (nSPS) is 22.4. The van der Waals surface area contributed by atoms with Gasteiger partial charge in [0.15, 0.2) is 0 Å². The minimum atomic E-state index is -0.0214. The Morgan fingerprint density at radius 2 is 2.08 bits per heavy atom. The largest absolute Gasteiger partial charge is 0.393 e. The van der Waals surface area contributed by atoms with Gasteiger partial charge in [-0.15, -0.1) is 0 Å². The van der Waals surface area contributed by atoms with Gasteiger partial charge in [-0.1, -0.05) is 46.0 Å². The van der Waals surface area contributed by atoms with Crippen LogP contribution in [0.1, 0.15) is 58.8 Å². The zero-order valence-corrected chi connectivity index (χ0v) is 9.13. The summed E-state index contributed by atoms with van der Waals surface area (Å²) in [6.45, 7) is 4.47. The van der Waals surface area contributed by atoms with Gasteiger partial charge in [0, 0.05) is 0 Å². The molecule has 1 heteroatoms. The van der Waals surface area contributed by atoms with Crippen LogP contribution in [0, 0.1) is 11.8 Å². The van der Waals surface area contributed by atoms with E-state index in [1.54, 1.807) is 0 Å². The molecule has 0 spiro atoms. The molecule has 0 aromatic rings. The molecule has 0 heterocycles. The average Bonchev–Trinajstić information content (AvgIpc) is 1.97. The standard InChI is InChI=1S/C12H24O/c1-3-5-10(2)8-12(13)9-11-6-4-7-11/h10-13H,3-9H2,1-2H3. The highest BCUT2D eigenvalue weighted by molar-refractivity contribution is 4.74. The summed E-state index contributed by atoms with van der Waals surface area (Å²) in [6.07, 6.45) is 8.68. The Bertz CT molecular complexity index is 129. The first-order valence-electron chi connectivity index (χ1n) is 5.90. The van der Waals surface area contributed by atoms with Crippen LogP contribution in [0.25, 0.3) is 0 Å². The Balaban J connectivity index is 2.04. The fourth-order valence-electron chi connectivity index (χ4n) is 2.28. The molecule has 1 saturated carbocycles. The quantitative estimate of drug-likeness (QED) is 0.671. The summed E-state index contributed by atoms with van der Waals surface area (Å²) in [5, 5.41) is 9.78. The van der Waals surface area contributed by atoms with Crippen LogP contribution in [0.4, 0.5) is 0 Å². The summed E-state index contributed by atoms with van der Waals surface area (Å²) in [5.74, 6) is 1.56. The fourth-order valence-corrected chi connectivity index (χ4v) is 2.28. The highest BCUT2D eigenvalue weighted by Gasteiger charge is 2.21. The summed E-state index contributed by atoms with van der Waals surface area (Å²) >= 11 is 0. The topological polar surface area (TPSA) is 20.2 Å². The van der Waals surface area contributed by atoms with Gasteiger partial charge in [0.2, 0.25) is 0 Å². The second kappa shape index (κ2) is 5.64. The summed E-state index contributed by atoms with van der Waals surface area (Å²) in [6, 6.07) is 0. The Kier molecular flexibility index (Phi) is 4.79. The van der Waals surface area contributed by atoms with Gasteiger partial charge in [-0.25, -0.2) is 0 Å². The first-order chi connectivity index (χ1) is 6.22. The van der Waals surface area contributed by atoms with Gasteiger partial charge in [0.05, 0.1) is 6.10 Å². The minimum Gasteiger partial charge on any atom is -0.393 e. The van der Waals surface area contributed by atoms with Crippen LogP contribution in [0.3, 0.4) is 0 Å². The van der Waals surface area contributed by atoms with Crippen LogP contribution < -0.4 is 0 Å². The number of rotatable bonds is 6. The molecule has 1 nitrogen and oxygen atoms in total. The predicted molar refractivity (Wildman–Crippen MR) is 56.7 cm³/mol. The maximum absolute atomic E-state index is 9.78. The SMILES string of the molecule is CCCC(C)CC(O)CC1CCC1. The van der Waals surface area contributed by atoms with Gasteiger partial charge in [-0.2, -0.15) is 0 Å². The van der Waals surface area contributed by atoms with Gasteiger partial charge in [0.1, 0.15) is 0 Å². The van der Waals surface area contributed by atoms with Crippen molar-refractivity contribution in [3.63, 3.8) is 0 Å². The van der Waals surface area contributed by atoms with E-state index < -0.39 is 0 Å². The first kappa shape index (κ1) is 11.0. The molecule has 1 rings (SSSR count). The third kappa shape index (κ3) is 4.12. The van der Waals surface area contributed by atoms with E-state index in [1.165, 1.54) is 32.1 Å². The summed E-state index contributed by atoms with van der Waals surface area (Å²) in [4.78, 5) is 0. The molecule has 0 aliphatic heterocycles. The van der Waals surface area contributed by atoms with Gasteiger partial charge >= 0.3 is 0 Å². The summed E-state index contributed by atoms with van der Waals surface area (Å²) < 4.78 is 0. The number of aliphatic hydroxyl groups is 1. The second-order valence-electron chi connectivity index (χ2n) is 4.82. The molecule has 0 amide bonds. The lowest BCUT2D eigenvalue weighted by Crippen LogP contribution is -2.20. The lowest BCUT2D eigenvalue weighted by Gasteiger charge is -2.28. The van der Waals surface area contributed by atoms with Crippen molar-refractivity contribution in [3.8, 4) is 0 Å². The molecular formula is C12H24O. The molecule has 1 fully saturated rings. The number of hydrogen-bond donors (Lipinski definition) is 1. The lowest BCUT2D eigenvalue weighted by atomic mass is 9.80. The van der Waals surface area contributed by atoms with E-state index in [0.29, 0.717) is 5.92 Å². The van der Waals surface area contributed by atoms with Crippen molar-refractivity contribution in [1.29, 1.82) is 0 Å². The third-order valence-corrected chi connectivity index (χ3v) is 3.29. The molecule has 0 radical (unpaired) electrons. The smallest absolute Gasteiger partial charge is 0.0545 e. The van der Waals surface area contributed by atoms with Gasteiger partial charge in [-0.05, 0) is 24.7 Å². The molecule has 2 atom stereocenters. The second-order valence-corrected chi connectivity index (χ2v) is 4.82. The van der Waals surface area contributed by atoms with Crippen LogP contribution in [0.5, 0.6) is 0 Å². The van der Waals surface area contributed by atoms with Gasteiger partial charge < -0.3 is 5.11 Å². The minimum absolute atomic E-state index is 0.0214. The van der Waals surface area contributed by atoms with Crippen LogP contribution in [-0.4, -0.2) is 11.2 Å². The van der Waals surface area contributed by atoms with Gasteiger partial charge in [0.25, 0.3) is 0 Å². The van der Waals surface area contributed by atoms with Crippen LogP contribution in [0.2, 0.25) is 0 Å². The average molecular weight is 184 g/mol. The molecule has 2 unspecified atom stereocenters. The maximum atomic E-state index is 9.78.